The normalized spacial score (nSPS) is 16.1. The van der Waals surface area contributed by atoms with E-state index in [0.717, 1.165) is 5.56 Å². The highest BCUT2D eigenvalue weighted by Crippen LogP contribution is 2.13. The molecule has 1 saturated heterocycles. The topological polar surface area (TPSA) is 71.2 Å². The number of nitrogens with zero attached hydrogens (tertiary/aromatic N) is 3. The summed E-state index contributed by atoms with van der Waals surface area (Å²) in [6, 6.07) is 5.05. The number of guanidine groups is 1. The molecule has 0 saturated carbocycles. The molecule has 7 heteroatoms. The summed E-state index contributed by atoms with van der Waals surface area (Å²) >= 11 is 0. The fourth-order valence-corrected chi connectivity index (χ4v) is 2.45. The van der Waals surface area contributed by atoms with Crippen LogP contribution in [0, 0.1) is 12.7 Å². The van der Waals surface area contributed by atoms with Gasteiger partial charge in [-0.25, -0.2) is 14.2 Å². The van der Waals surface area contributed by atoms with Gasteiger partial charge in [0.05, 0.1) is 6.54 Å². The molecule has 0 unspecified atom stereocenters. The molecule has 2 N–H and O–H groups in total. The Kier molecular flexibility index (Phi) is 5.87. The third-order valence-electron chi connectivity index (χ3n) is 3.92. The predicted octanol–water partition coefficient (Wildman–Crippen LogP) is 2.50. The maximum atomic E-state index is 13.6. The first-order chi connectivity index (χ1) is 11.7. The minimum Gasteiger partial charge on any atom is -0.444 e. The molecule has 0 radical (unpaired) electrons. The van der Waals surface area contributed by atoms with Crippen LogP contribution in [0.3, 0.4) is 0 Å². The van der Waals surface area contributed by atoms with E-state index in [1.807, 2.05) is 31.7 Å². The molecule has 138 valence electrons. The summed E-state index contributed by atoms with van der Waals surface area (Å²) in [6.07, 6.45) is -0.308. The third kappa shape index (κ3) is 5.62. The summed E-state index contributed by atoms with van der Waals surface area (Å²) in [6.45, 7) is 9.84. The number of hydrogen-bond acceptors (Lipinski definition) is 3. The lowest BCUT2D eigenvalue weighted by atomic mass is 10.1. The van der Waals surface area contributed by atoms with Crippen LogP contribution in [-0.2, 0) is 11.3 Å². The number of ether oxygens (including phenoxy) is 1. The van der Waals surface area contributed by atoms with E-state index >= 15 is 0 Å². The van der Waals surface area contributed by atoms with Crippen molar-refractivity contribution in [2.24, 2.45) is 10.7 Å². The van der Waals surface area contributed by atoms with Gasteiger partial charge in [-0.15, -0.1) is 0 Å². The van der Waals surface area contributed by atoms with Gasteiger partial charge in [0.15, 0.2) is 5.96 Å². The second-order valence-electron chi connectivity index (χ2n) is 7.21. The average Bonchev–Trinajstić information content (AvgIpc) is 2.54. The van der Waals surface area contributed by atoms with Gasteiger partial charge in [0.1, 0.15) is 11.4 Å². The number of amides is 1. The van der Waals surface area contributed by atoms with Crippen LogP contribution in [0.5, 0.6) is 0 Å². The molecular formula is C18H27FN4O2. The van der Waals surface area contributed by atoms with Crippen molar-refractivity contribution in [2.45, 2.75) is 39.8 Å². The standard InChI is InChI=1S/C18H27FN4O2/c1-13-5-6-14(11-15(13)19)12-21-16(20)22-7-9-23(10-8-22)17(24)25-18(2,3)4/h5-6,11H,7-10,12H2,1-4H3,(H2,20,21). The van der Waals surface area contributed by atoms with Crippen molar-refractivity contribution in [1.29, 1.82) is 0 Å². The van der Waals surface area contributed by atoms with Crippen LogP contribution < -0.4 is 5.73 Å². The van der Waals surface area contributed by atoms with Gasteiger partial charge < -0.3 is 20.3 Å². The van der Waals surface area contributed by atoms with Crippen molar-refractivity contribution < 1.29 is 13.9 Å². The summed E-state index contributed by atoms with van der Waals surface area (Å²) in [5.41, 5.74) is 6.92. The molecule has 0 aliphatic carbocycles. The minimum atomic E-state index is -0.502. The number of aryl methyl sites for hydroxylation is 1. The summed E-state index contributed by atoms with van der Waals surface area (Å²) < 4.78 is 18.9. The van der Waals surface area contributed by atoms with Gasteiger partial charge in [-0.3, -0.25) is 0 Å². The molecule has 0 spiro atoms. The molecule has 0 atom stereocenters. The lowest BCUT2D eigenvalue weighted by Crippen LogP contribution is -2.53. The predicted molar refractivity (Wildman–Crippen MR) is 95.8 cm³/mol. The van der Waals surface area contributed by atoms with E-state index in [1.165, 1.54) is 6.07 Å². The quantitative estimate of drug-likeness (QED) is 0.657. The summed E-state index contributed by atoms with van der Waals surface area (Å²) in [7, 11) is 0. The van der Waals surface area contributed by atoms with Crippen LogP contribution >= 0.6 is 0 Å². The average molecular weight is 350 g/mol. The number of carbonyl (C=O) groups is 1. The van der Waals surface area contributed by atoms with E-state index in [1.54, 1.807) is 17.9 Å². The number of nitrogens with two attached hydrogens (primary N) is 1. The Morgan fingerprint density at radius 3 is 2.40 bits per heavy atom. The van der Waals surface area contributed by atoms with Gasteiger partial charge in [0.25, 0.3) is 0 Å². The molecule has 1 amide bonds. The van der Waals surface area contributed by atoms with Gasteiger partial charge in [0.2, 0.25) is 0 Å². The monoisotopic (exact) mass is 350 g/mol. The second kappa shape index (κ2) is 7.72. The van der Waals surface area contributed by atoms with E-state index in [9.17, 15) is 9.18 Å². The van der Waals surface area contributed by atoms with Gasteiger partial charge in [-0.1, -0.05) is 12.1 Å². The van der Waals surface area contributed by atoms with E-state index in [2.05, 4.69) is 4.99 Å². The van der Waals surface area contributed by atoms with Crippen LogP contribution in [0.25, 0.3) is 0 Å². The number of rotatable bonds is 2. The van der Waals surface area contributed by atoms with E-state index in [-0.39, 0.29) is 11.9 Å². The first-order valence-corrected chi connectivity index (χ1v) is 8.43. The van der Waals surface area contributed by atoms with E-state index in [4.69, 9.17) is 10.5 Å². The molecule has 1 aromatic rings. The Morgan fingerprint density at radius 1 is 1.24 bits per heavy atom. The van der Waals surface area contributed by atoms with Crippen molar-refractivity contribution in [1.82, 2.24) is 9.80 Å². The zero-order valence-corrected chi connectivity index (χ0v) is 15.4. The van der Waals surface area contributed by atoms with Gasteiger partial charge in [0, 0.05) is 26.2 Å². The van der Waals surface area contributed by atoms with Crippen LogP contribution in [0.15, 0.2) is 23.2 Å². The Hall–Kier alpha value is -2.31. The summed E-state index contributed by atoms with van der Waals surface area (Å²) in [5, 5.41) is 0. The van der Waals surface area contributed by atoms with Crippen molar-refractivity contribution in [3.05, 3.63) is 35.1 Å². The fourth-order valence-electron chi connectivity index (χ4n) is 2.45. The number of piperazine rings is 1. The fraction of sp³-hybridized carbons (Fsp3) is 0.556. The van der Waals surface area contributed by atoms with Gasteiger partial charge in [-0.05, 0) is 44.9 Å². The SMILES string of the molecule is Cc1ccc(CN=C(N)N2CCN(C(=O)OC(C)(C)C)CC2)cc1F. The Bertz CT molecular complexity index is 647. The summed E-state index contributed by atoms with van der Waals surface area (Å²) in [5.74, 6) is 0.169. The second-order valence-corrected chi connectivity index (χ2v) is 7.21. The van der Waals surface area contributed by atoms with E-state index in [0.29, 0.717) is 44.2 Å². The molecule has 25 heavy (non-hydrogen) atoms. The number of hydrogen-bond donors (Lipinski definition) is 1. The highest BCUT2D eigenvalue weighted by atomic mass is 19.1. The Labute approximate surface area is 148 Å². The lowest BCUT2D eigenvalue weighted by Gasteiger charge is -2.36. The lowest BCUT2D eigenvalue weighted by molar-refractivity contribution is 0.0186. The molecule has 6 nitrogen and oxygen atoms in total. The van der Waals surface area contributed by atoms with Crippen LogP contribution in [-0.4, -0.2) is 53.6 Å². The van der Waals surface area contributed by atoms with Crippen LogP contribution in [0.2, 0.25) is 0 Å². The number of aliphatic imine (C=N–C) groups is 1. The van der Waals surface area contributed by atoms with Crippen molar-refractivity contribution >= 4 is 12.1 Å². The Balaban J connectivity index is 1.87. The highest BCUT2D eigenvalue weighted by Gasteiger charge is 2.26. The number of carbonyl (C=O) groups excluding carboxylic acids is 1. The van der Waals surface area contributed by atoms with Gasteiger partial charge >= 0.3 is 6.09 Å². The zero-order chi connectivity index (χ0) is 18.6. The smallest absolute Gasteiger partial charge is 0.410 e. The van der Waals surface area contributed by atoms with Crippen LogP contribution in [0.1, 0.15) is 31.9 Å². The van der Waals surface area contributed by atoms with E-state index < -0.39 is 5.60 Å². The molecule has 0 bridgehead atoms. The molecule has 0 aromatic heterocycles. The molecule has 2 rings (SSSR count). The Morgan fingerprint density at radius 2 is 1.84 bits per heavy atom. The van der Waals surface area contributed by atoms with Gasteiger partial charge in [-0.2, -0.15) is 0 Å². The number of benzene rings is 1. The largest absolute Gasteiger partial charge is 0.444 e. The first kappa shape index (κ1) is 19.0. The third-order valence-corrected chi connectivity index (χ3v) is 3.92. The summed E-state index contributed by atoms with van der Waals surface area (Å²) in [4.78, 5) is 20.0. The maximum Gasteiger partial charge on any atom is 0.410 e. The molecular weight excluding hydrogens is 323 g/mol. The molecule has 1 aliphatic heterocycles. The number of halogens is 1. The molecule has 1 fully saturated rings. The molecule has 1 aliphatic rings. The highest BCUT2D eigenvalue weighted by molar-refractivity contribution is 5.78. The molecule has 1 heterocycles. The first-order valence-electron chi connectivity index (χ1n) is 8.43. The maximum absolute atomic E-state index is 13.6. The minimum absolute atomic E-state index is 0.239. The van der Waals surface area contributed by atoms with Crippen LogP contribution in [0.4, 0.5) is 9.18 Å². The zero-order valence-electron chi connectivity index (χ0n) is 15.4. The van der Waals surface area contributed by atoms with Crippen molar-refractivity contribution in [3.63, 3.8) is 0 Å². The molecule has 1 aromatic carbocycles. The van der Waals surface area contributed by atoms with Crippen molar-refractivity contribution in [3.8, 4) is 0 Å². The van der Waals surface area contributed by atoms with Crippen molar-refractivity contribution in [2.75, 3.05) is 26.2 Å².